The number of nitrogens with one attached hydrogen (secondary N) is 1. The molecule has 0 aromatic heterocycles. The molecule has 114 valence electrons. The third-order valence-electron chi connectivity index (χ3n) is 3.44. The number of hydrogen-bond donors (Lipinski definition) is 2. The van der Waals surface area contributed by atoms with Crippen LogP contribution in [0.2, 0.25) is 10.0 Å². The average Bonchev–Trinajstić information content (AvgIpc) is 2.88. The lowest BCUT2D eigenvalue weighted by Crippen LogP contribution is -2.42. The van der Waals surface area contributed by atoms with E-state index in [0.29, 0.717) is 28.6 Å². The van der Waals surface area contributed by atoms with Crippen LogP contribution in [0, 0.1) is 5.92 Å². The zero-order valence-electron chi connectivity index (χ0n) is 11.1. The van der Waals surface area contributed by atoms with Crippen molar-refractivity contribution in [3.8, 4) is 5.75 Å². The van der Waals surface area contributed by atoms with Crippen LogP contribution in [-0.4, -0.2) is 29.6 Å². The number of carbonyl (C=O) groups is 2. The van der Waals surface area contributed by atoms with Crippen molar-refractivity contribution in [2.45, 2.75) is 25.3 Å². The maximum absolute atomic E-state index is 11.8. The summed E-state index contributed by atoms with van der Waals surface area (Å²) in [5.41, 5.74) is 0. The molecule has 0 bridgehead atoms. The van der Waals surface area contributed by atoms with E-state index in [-0.39, 0.29) is 18.6 Å². The van der Waals surface area contributed by atoms with Crippen LogP contribution in [-0.2, 0) is 9.59 Å². The predicted octanol–water partition coefficient (Wildman–Crippen LogP) is 2.74. The molecule has 1 aliphatic carbocycles. The average molecular weight is 332 g/mol. The van der Waals surface area contributed by atoms with Gasteiger partial charge in [-0.25, -0.2) is 0 Å². The highest BCUT2D eigenvalue weighted by atomic mass is 35.5. The smallest absolute Gasteiger partial charge is 0.308 e. The first kappa shape index (κ1) is 15.9. The zero-order valence-corrected chi connectivity index (χ0v) is 12.7. The quantitative estimate of drug-likeness (QED) is 0.869. The van der Waals surface area contributed by atoms with Gasteiger partial charge in [-0.1, -0.05) is 29.6 Å². The van der Waals surface area contributed by atoms with Crippen LogP contribution in [0.25, 0.3) is 0 Å². The van der Waals surface area contributed by atoms with Gasteiger partial charge in [0.05, 0.1) is 16.0 Å². The fraction of sp³-hybridized carbons (Fsp3) is 0.429. The molecule has 0 radical (unpaired) electrons. The van der Waals surface area contributed by atoms with Crippen LogP contribution < -0.4 is 10.1 Å². The molecule has 2 rings (SSSR count). The SMILES string of the molecule is O=C(COc1ccc(Cl)c(Cl)c1)NC1CCCC1C(=O)O. The van der Waals surface area contributed by atoms with E-state index in [2.05, 4.69) is 5.32 Å². The van der Waals surface area contributed by atoms with Gasteiger partial charge in [0.2, 0.25) is 0 Å². The third kappa shape index (κ3) is 4.25. The molecule has 0 aliphatic heterocycles. The molecule has 0 heterocycles. The molecule has 5 nitrogen and oxygen atoms in total. The van der Waals surface area contributed by atoms with Gasteiger partial charge >= 0.3 is 5.97 Å². The van der Waals surface area contributed by atoms with Gasteiger partial charge in [-0.15, -0.1) is 0 Å². The molecule has 1 aromatic rings. The monoisotopic (exact) mass is 331 g/mol. The van der Waals surface area contributed by atoms with Gasteiger partial charge in [-0.3, -0.25) is 9.59 Å². The Bertz CT molecular complexity index is 550. The summed E-state index contributed by atoms with van der Waals surface area (Å²) < 4.78 is 5.31. The summed E-state index contributed by atoms with van der Waals surface area (Å²) in [7, 11) is 0. The Balaban J connectivity index is 1.84. The molecule has 0 saturated heterocycles. The van der Waals surface area contributed by atoms with Gasteiger partial charge in [0.15, 0.2) is 6.61 Å². The number of carboxylic acid groups (broad SMARTS) is 1. The Labute approximate surface area is 132 Å². The van der Waals surface area contributed by atoms with Gasteiger partial charge in [-0.2, -0.15) is 0 Å². The molecule has 0 spiro atoms. The number of rotatable bonds is 5. The third-order valence-corrected chi connectivity index (χ3v) is 4.18. The fourth-order valence-corrected chi connectivity index (χ4v) is 2.68. The lowest BCUT2D eigenvalue weighted by atomic mass is 10.0. The molecule has 2 atom stereocenters. The summed E-state index contributed by atoms with van der Waals surface area (Å²) >= 11 is 11.6. The van der Waals surface area contributed by atoms with Crippen molar-refractivity contribution in [2.75, 3.05) is 6.61 Å². The molecule has 1 saturated carbocycles. The second-order valence-corrected chi connectivity index (χ2v) is 5.73. The van der Waals surface area contributed by atoms with E-state index in [1.54, 1.807) is 12.1 Å². The van der Waals surface area contributed by atoms with Crippen LogP contribution >= 0.6 is 23.2 Å². The van der Waals surface area contributed by atoms with Gasteiger partial charge in [0.1, 0.15) is 5.75 Å². The summed E-state index contributed by atoms with van der Waals surface area (Å²) in [6.07, 6.45) is 2.07. The van der Waals surface area contributed by atoms with E-state index < -0.39 is 11.9 Å². The minimum Gasteiger partial charge on any atom is -0.484 e. The van der Waals surface area contributed by atoms with Crippen LogP contribution in [0.5, 0.6) is 5.75 Å². The summed E-state index contributed by atoms with van der Waals surface area (Å²) in [5.74, 6) is -1.30. The number of halogens is 2. The van der Waals surface area contributed by atoms with Crippen molar-refractivity contribution in [1.29, 1.82) is 0 Å². The van der Waals surface area contributed by atoms with Gasteiger partial charge in [0.25, 0.3) is 5.91 Å². The van der Waals surface area contributed by atoms with Gasteiger partial charge < -0.3 is 15.2 Å². The first-order valence-corrected chi connectivity index (χ1v) is 7.33. The minimum atomic E-state index is -0.872. The van der Waals surface area contributed by atoms with Crippen LogP contribution in [0.3, 0.4) is 0 Å². The number of hydrogen-bond acceptors (Lipinski definition) is 3. The Hall–Kier alpha value is -1.46. The molecular weight excluding hydrogens is 317 g/mol. The number of benzene rings is 1. The Morgan fingerprint density at radius 3 is 2.71 bits per heavy atom. The van der Waals surface area contributed by atoms with Crippen molar-refractivity contribution in [3.63, 3.8) is 0 Å². The Morgan fingerprint density at radius 2 is 2.05 bits per heavy atom. The highest BCUT2D eigenvalue weighted by Gasteiger charge is 2.33. The van der Waals surface area contributed by atoms with E-state index in [1.807, 2.05) is 0 Å². The normalized spacial score (nSPS) is 21.0. The first-order chi connectivity index (χ1) is 9.97. The van der Waals surface area contributed by atoms with Crippen molar-refractivity contribution >= 4 is 35.1 Å². The van der Waals surface area contributed by atoms with Crippen molar-refractivity contribution < 1.29 is 19.4 Å². The van der Waals surface area contributed by atoms with Crippen LogP contribution in [0.15, 0.2) is 18.2 Å². The standard InChI is InChI=1S/C14H15Cl2NO4/c15-10-5-4-8(6-11(10)16)21-7-13(18)17-12-3-1-2-9(12)14(19)20/h4-6,9,12H,1-3,7H2,(H,17,18)(H,19,20). The predicted molar refractivity (Wildman–Crippen MR) is 78.9 cm³/mol. The largest absolute Gasteiger partial charge is 0.484 e. The van der Waals surface area contributed by atoms with Crippen LogP contribution in [0.1, 0.15) is 19.3 Å². The number of aliphatic carboxylic acids is 1. The zero-order chi connectivity index (χ0) is 15.4. The lowest BCUT2D eigenvalue weighted by Gasteiger charge is -2.17. The van der Waals surface area contributed by atoms with E-state index >= 15 is 0 Å². The molecular formula is C14H15Cl2NO4. The molecule has 21 heavy (non-hydrogen) atoms. The van der Waals surface area contributed by atoms with E-state index in [9.17, 15) is 9.59 Å². The Kier molecular flexibility index (Phi) is 5.31. The summed E-state index contributed by atoms with van der Waals surface area (Å²) in [6.45, 7) is -0.194. The number of ether oxygens (including phenoxy) is 1. The topological polar surface area (TPSA) is 75.6 Å². The van der Waals surface area contributed by atoms with E-state index in [1.165, 1.54) is 6.07 Å². The second kappa shape index (κ2) is 7.00. The molecule has 2 N–H and O–H groups in total. The van der Waals surface area contributed by atoms with Crippen LogP contribution in [0.4, 0.5) is 0 Å². The first-order valence-electron chi connectivity index (χ1n) is 6.57. The van der Waals surface area contributed by atoms with Gasteiger partial charge in [0, 0.05) is 12.1 Å². The summed E-state index contributed by atoms with van der Waals surface area (Å²) in [4.78, 5) is 22.8. The van der Waals surface area contributed by atoms with Crippen molar-refractivity contribution in [1.82, 2.24) is 5.32 Å². The number of carbonyl (C=O) groups excluding carboxylic acids is 1. The van der Waals surface area contributed by atoms with E-state index in [4.69, 9.17) is 33.0 Å². The number of amides is 1. The molecule has 1 fully saturated rings. The second-order valence-electron chi connectivity index (χ2n) is 4.91. The fourth-order valence-electron chi connectivity index (χ4n) is 2.39. The molecule has 1 amide bonds. The summed E-state index contributed by atoms with van der Waals surface area (Å²) in [5, 5.41) is 12.5. The summed E-state index contributed by atoms with van der Waals surface area (Å²) in [6, 6.07) is 4.38. The minimum absolute atomic E-state index is 0.194. The Morgan fingerprint density at radius 1 is 1.29 bits per heavy atom. The molecule has 2 unspecified atom stereocenters. The van der Waals surface area contributed by atoms with E-state index in [0.717, 1.165) is 6.42 Å². The lowest BCUT2D eigenvalue weighted by molar-refractivity contribution is -0.142. The van der Waals surface area contributed by atoms with Crippen molar-refractivity contribution in [2.24, 2.45) is 5.92 Å². The highest BCUT2D eigenvalue weighted by molar-refractivity contribution is 6.42. The molecule has 7 heteroatoms. The maximum Gasteiger partial charge on any atom is 0.308 e. The molecule has 1 aliphatic rings. The van der Waals surface area contributed by atoms with Crippen molar-refractivity contribution in [3.05, 3.63) is 28.2 Å². The highest BCUT2D eigenvalue weighted by Crippen LogP contribution is 2.27. The molecule has 1 aromatic carbocycles. The maximum atomic E-state index is 11.8. The van der Waals surface area contributed by atoms with Gasteiger partial charge in [-0.05, 0) is 25.0 Å². The number of carboxylic acids is 1.